The van der Waals surface area contributed by atoms with Gasteiger partial charge in [-0.1, -0.05) is 78.7 Å². The minimum absolute atomic E-state index is 0.00578. The first-order chi connectivity index (χ1) is 13.4. The molecule has 0 aliphatic carbocycles. The zero-order valence-electron chi connectivity index (χ0n) is 16.1. The Kier molecular flexibility index (Phi) is 10.1. The molecule has 4 radical (unpaired) electrons. The summed E-state index contributed by atoms with van der Waals surface area (Å²) in [5.74, 6) is 2.07. The molecular weight excluding hydrogens is 382 g/mol. The zero-order chi connectivity index (χ0) is 20.2. The van der Waals surface area contributed by atoms with Crippen LogP contribution in [-0.2, 0) is 16.3 Å². The summed E-state index contributed by atoms with van der Waals surface area (Å²) in [5, 5.41) is 8.28. The highest BCUT2D eigenvalue weighted by Crippen LogP contribution is 2.37. The molecule has 28 heavy (non-hydrogen) atoms. The molecule has 1 unspecified atom stereocenters. The molecule has 0 aromatic heterocycles. The summed E-state index contributed by atoms with van der Waals surface area (Å²) in [6.45, 7) is 0. The minimum atomic E-state index is -0.948. The smallest absolute Gasteiger partial charge is 0.303 e. The molecule has 2 rings (SSSR count). The van der Waals surface area contributed by atoms with Crippen LogP contribution in [0.5, 0.6) is 0 Å². The lowest BCUT2D eigenvalue weighted by molar-refractivity contribution is -0.137. The monoisotopic (exact) mass is 408 g/mol. The van der Waals surface area contributed by atoms with Gasteiger partial charge in [-0.25, -0.2) is 0 Å². The fourth-order valence-electron chi connectivity index (χ4n) is 2.88. The van der Waals surface area contributed by atoms with E-state index >= 15 is 0 Å². The SMILES string of the molecule is [B]C([B])(CCC(=O)O)CC(CCSCc1ccccc1)SCc1ccccc1. The lowest BCUT2D eigenvalue weighted by Gasteiger charge is -2.30. The Morgan fingerprint density at radius 2 is 1.54 bits per heavy atom. The predicted molar refractivity (Wildman–Crippen MR) is 124 cm³/mol. The van der Waals surface area contributed by atoms with E-state index in [1.165, 1.54) is 11.1 Å². The van der Waals surface area contributed by atoms with Crippen LogP contribution in [0.1, 0.15) is 36.8 Å². The number of thioether (sulfide) groups is 2. The van der Waals surface area contributed by atoms with E-state index in [1.807, 2.05) is 47.8 Å². The van der Waals surface area contributed by atoms with Crippen molar-refractivity contribution in [3.05, 3.63) is 71.8 Å². The molecule has 0 saturated heterocycles. The Hall–Kier alpha value is -1.26. The largest absolute Gasteiger partial charge is 0.481 e. The predicted octanol–water partition coefficient (Wildman–Crippen LogP) is 5.32. The Balaban J connectivity index is 1.85. The van der Waals surface area contributed by atoms with Crippen molar-refractivity contribution in [1.82, 2.24) is 0 Å². The van der Waals surface area contributed by atoms with Crippen LogP contribution in [0.3, 0.4) is 0 Å². The highest BCUT2D eigenvalue weighted by Gasteiger charge is 2.23. The second-order valence-electron chi connectivity index (χ2n) is 7.08. The van der Waals surface area contributed by atoms with Crippen molar-refractivity contribution in [1.29, 1.82) is 0 Å². The second-order valence-corrected chi connectivity index (χ2v) is 9.47. The van der Waals surface area contributed by atoms with Crippen LogP contribution in [0.15, 0.2) is 60.7 Å². The van der Waals surface area contributed by atoms with Gasteiger partial charge in [-0.2, -0.15) is 23.5 Å². The number of hydrogen-bond donors (Lipinski definition) is 1. The first-order valence-electron chi connectivity index (χ1n) is 9.51. The minimum Gasteiger partial charge on any atom is -0.481 e. The summed E-state index contributed by atoms with van der Waals surface area (Å²) in [7, 11) is 12.4. The van der Waals surface area contributed by atoms with E-state index < -0.39 is 11.2 Å². The molecule has 6 heteroatoms. The van der Waals surface area contributed by atoms with Crippen molar-refractivity contribution in [3.63, 3.8) is 0 Å². The number of carbonyl (C=O) groups is 1. The molecule has 1 N–H and O–H groups in total. The molecule has 2 aromatic carbocycles. The summed E-state index contributed by atoms with van der Waals surface area (Å²) >= 11 is 3.77. The van der Waals surface area contributed by atoms with E-state index in [1.54, 1.807) is 0 Å². The molecule has 0 fully saturated rings. The van der Waals surface area contributed by atoms with Gasteiger partial charge in [0.25, 0.3) is 0 Å². The summed E-state index contributed by atoms with van der Waals surface area (Å²) < 4.78 is 0. The highest BCUT2D eigenvalue weighted by molar-refractivity contribution is 7.99. The van der Waals surface area contributed by atoms with E-state index in [-0.39, 0.29) is 6.42 Å². The maximum atomic E-state index is 10.9. The van der Waals surface area contributed by atoms with E-state index in [9.17, 15) is 4.79 Å². The quantitative estimate of drug-likeness (QED) is 0.360. The molecule has 0 bridgehead atoms. The van der Waals surface area contributed by atoms with Gasteiger partial charge in [0, 0.05) is 23.2 Å². The van der Waals surface area contributed by atoms with Crippen molar-refractivity contribution < 1.29 is 9.90 Å². The third-order valence-electron chi connectivity index (χ3n) is 4.44. The van der Waals surface area contributed by atoms with Gasteiger partial charge in [0.05, 0.1) is 15.7 Å². The van der Waals surface area contributed by atoms with Crippen molar-refractivity contribution >= 4 is 45.2 Å². The normalized spacial score (nSPS) is 12.6. The van der Waals surface area contributed by atoms with Crippen LogP contribution in [0, 0.1) is 0 Å². The van der Waals surface area contributed by atoms with Gasteiger partial charge >= 0.3 is 5.97 Å². The third kappa shape index (κ3) is 9.79. The van der Waals surface area contributed by atoms with Gasteiger partial charge in [-0.05, 0) is 23.3 Å². The van der Waals surface area contributed by atoms with Gasteiger partial charge in [0.15, 0.2) is 0 Å². The lowest BCUT2D eigenvalue weighted by atomic mass is 9.50. The van der Waals surface area contributed by atoms with E-state index in [4.69, 9.17) is 20.8 Å². The summed E-state index contributed by atoms with van der Waals surface area (Å²) in [4.78, 5) is 10.9. The molecule has 0 heterocycles. The van der Waals surface area contributed by atoms with Crippen molar-refractivity contribution in [2.75, 3.05) is 5.75 Å². The number of carboxylic acids is 1. The van der Waals surface area contributed by atoms with E-state index in [0.29, 0.717) is 18.1 Å². The summed E-state index contributed by atoms with van der Waals surface area (Å²) in [6.07, 6.45) is 1.91. The van der Waals surface area contributed by atoms with Crippen LogP contribution in [0.2, 0.25) is 5.21 Å². The molecule has 0 spiro atoms. The maximum Gasteiger partial charge on any atom is 0.303 e. The van der Waals surface area contributed by atoms with Crippen LogP contribution < -0.4 is 0 Å². The molecule has 0 saturated carbocycles. The van der Waals surface area contributed by atoms with Crippen LogP contribution in [0.25, 0.3) is 0 Å². The topological polar surface area (TPSA) is 37.3 Å². The first-order valence-corrected chi connectivity index (χ1v) is 11.7. The molecule has 0 aliphatic heterocycles. The Bertz CT molecular complexity index is 696. The summed E-state index contributed by atoms with van der Waals surface area (Å²) in [6, 6.07) is 20.8. The zero-order valence-corrected chi connectivity index (χ0v) is 17.8. The fourth-order valence-corrected chi connectivity index (χ4v) is 5.38. The van der Waals surface area contributed by atoms with Gasteiger partial charge in [-0.15, -0.1) is 0 Å². The van der Waals surface area contributed by atoms with Gasteiger partial charge in [0.2, 0.25) is 0 Å². The maximum absolute atomic E-state index is 10.9. The number of benzene rings is 2. The summed E-state index contributed by atoms with van der Waals surface area (Å²) in [5.41, 5.74) is 2.61. The third-order valence-corrected chi connectivity index (χ3v) is 6.87. The van der Waals surface area contributed by atoms with E-state index in [0.717, 1.165) is 23.7 Å². The standard InChI is InChI=1S/C22H26B2O2S2/c23-22(24,13-11-21(25)26)15-20(28-17-19-9-5-2-6-10-19)12-14-27-16-18-7-3-1-4-8-18/h1-10,20H,11-17H2,(H,25,26). The lowest BCUT2D eigenvalue weighted by Crippen LogP contribution is -2.21. The van der Waals surface area contributed by atoms with Crippen molar-refractivity contribution in [2.45, 2.75) is 47.7 Å². The van der Waals surface area contributed by atoms with Crippen LogP contribution in [-0.4, -0.2) is 37.8 Å². The number of carboxylic acid groups (broad SMARTS) is 1. The number of aliphatic carboxylic acids is 1. The average molecular weight is 408 g/mol. The fraction of sp³-hybridized carbons (Fsp3) is 0.409. The second kappa shape index (κ2) is 12.3. The molecule has 0 aliphatic rings. The van der Waals surface area contributed by atoms with Crippen LogP contribution >= 0.6 is 23.5 Å². The first kappa shape index (κ1) is 23.0. The van der Waals surface area contributed by atoms with Gasteiger partial charge in [-0.3, -0.25) is 4.79 Å². The molecule has 2 aromatic rings. The van der Waals surface area contributed by atoms with E-state index in [2.05, 4.69) is 36.4 Å². The van der Waals surface area contributed by atoms with Crippen LogP contribution in [0.4, 0.5) is 0 Å². The van der Waals surface area contributed by atoms with Gasteiger partial charge in [0.1, 0.15) is 0 Å². The Morgan fingerprint density at radius 3 is 2.11 bits per heavy atom. The molecule has 0 amide bonds. The highest BCUT2D eigenvalue weighted by atomic mass is 32.2. The van der Waals surface area contributed by atoms with Crippen molar-refractivity contribution in [3.8, 4) is 0 Å². The molecule has 1 atom stereocenters. The molecule has 2 nitrogen and oxygen atoms in total. The Morgan fingerprint density at radius 1 is 0.964 bits per heavy atom. The molecule has 144 valence electrons. The molecular formula is C22H26B2O2S2. The Labute approximate surface area is 180 Å². The number of rotatable bonds is 13. The average Bonchev–Trinajstić information content (AvgIpc) is 2.69. The number of hydrogen-bond acceptors (Lipinski definition) is 3. The van der Waals surface area contributed by atoms with Crippen molar-refractivity contribution in [2.24, 2.45) is 0 Å². The van der Waals surface area contributed by atoms with Gasteiger partial charge < -0.3 is 5.11 Å².